The molecule has 256 valence electrons. The van der Waals surface area contributed by atoms with E-state index in [1.807, 2.05) is 47.0 Å². The van der Waals surface area contributed by atoms with Crippen LogP contribution in [-0.4, -0.2) is 102 Å². The number of aromatic nitrogens is 6. The van der Waals surface area contributed by atoms with Crippen LogP contribution in [0.5, 0.6) is 11.5 Å². The molecule has 4 aromatic heterocycles. The van der Waals surface area contributed by atoms with E-state index in [-0.39, 0.29) is 18.3 Å². The number of aryl methyl sites for hydroxylation is 1. The molecule has 15 heteroatoms. The zero-order valence-electron chi connectivity index (χ0n) is 27.2. The van der Waals surface area contributed by atoms with Gasteiger partial charge in [-0.3, -0.25) is 29.0 Å². The lowest BCUT2D eigenvalue weighted by Gasteiger charge is -2.25. The van der Waals surface area contributed by atoms with Crippen molar-refractivity contribution in [1.82, 2.24) is 39.1 Å². The van der Waals surface area contributed by atoms with Crippen LogP contribution in [0.1, 0.15) is 40.0 Å². The molecule has 0 spiro atoms. The second-order valence-corrected chi connectivity index (χ2v) is 11.6. The number of hydrogen-bond donors (Lipinski definition) is 1. The van der Waals surface area contributed by atoms with Gasteiger partial charge in [-0.25, -0.2) is 4.98 Å². The van der Waals surface area contributed by atoms with Gasteiger partial charge in [-0.05, 0) is 49.6 Å². The molecule has 0 atom stereocenters. The molecule has 1 aliphatic rings. The Hall–Kier alpha value is -5.50. The number of imidazole rings is 1. The summed E-state index contributed by atoms with van der Waals surface area (Å²) in [5.74, 6) is 1.68. The molecule has 1 aromatic carbocycles. The second-order valence-electron chi connectivity index (χ2n) is 11.2. The Balaban J connectivity index is 0.00000151. The Morgan fingerprint density at radius 2 is 1.63 bits per heavy atom. The molecule has 1 aliphatic heterocycles. The van der Waals surface area contributed by atoms with Gasteiger partial charge in [-0.1, -0.05) is 11.6 Å². The lowest BCUT2D eigenvalue weighted by atomic mass is 10.2. The quantitative estimate of drug-likeness (QED) is 0.269. The number of halogens is 1. The maximum absolute atomic E-state index is 13.9. The number of rotatable bonds is 3. The number of amides is 2. The minimum absolute atomic E-state index is 0.117. The van der Waals surface area contributed by atoms with E-state index < -0.39 is 0 Å². The van der Waals surface area contributed by atoms with E-state index in [1.165, 1.54) is 12.4 Å². The topological polar surface area (TPSA) is 158 Å². The maximum Gasteiger partial charge on any atom is 0.290 e. The van der Waals surface area contributed by atoms with Crippen LogP contribution in [0, 0.1) is 0 Å². The summed E-state index contributed by atoms with van der Waals surface area (Å²) >= 11 is 6.15. The molecule has 0 saturated carbocycles. The van der Waals surface area contributed by atoms with E-state index in [0.717, 1.165) is 22.4 Å². The number of carboxylic acid groups (broad SMARTS) is 1. The van der Waals surface area contributed by atoms with Gasteiger partial charge in [0.25, 0.3) is 18.3 Å². The third-order valence-electron chi connectivity index (χ3n) is 8.06. The van der Waals surface area contributed by atoms with Gasteiger partial charge in [0.05, 0.1) is 41.6 Å². The van der Waals surface area contributed by atoms with Gasteiger partial charge in [-0.15, -0.1) is 0 Å². The highest BCUT2D eigenvalue weighted by Crippen LogP contribution is 2.32. The number of ether oxygens (including phenoxy) is 2. The lowest BCUT2D eigenvalue weighted by Crippen LogP contribution is -2.36. The fourth-order valence-corrected chi connectivity index (χ4v) is 5.79. The first-order valence-corrected chi connectivity index (χ1v) is 16.1. The van der Waals surface area contributed by atoms with Gasteiger partial charge in [0.1, 0.15) is 11.3 Å². The summed E-state index contributed by atoms with van der Waals surface area (Å²) in [4.78, 5) is 52.6. The van der Waals surface area contributed by atoms with E-state index in [9.17, 15) is 9.59 Å². The minimum atomic E-state index is -0.250. The summed E-state index contributed by atoms with van der Waals surface area (Å²) < 4.78 is 15.5. The molecular formula is C34H37ClN8O6. The molecule has 1 N–H and O–H groups in total. The normalized spacial score (nSPS) is 14.1. The molecule has 0 unspecified atom stereocenters. The van der Waals surface area contributed by atoms with Crippen LogP contribution < -0.4 is 9.47 Å². The summed E-state index contributed by atoms with van der Waals surface area (Å²) in [6.45, 7) is 2.57. The van der Waals surface area contributed by atoms with E-state index in [0.29, 0.717) is 86.2 Å². The maximum atomic E-state index is 13.9. The Morgan fingerprint density at radius 3 is 2.37 bits per heavy atom. The predicted octanol–water partition coefficient (Wildman–Crippen LogP) is 4.44. The average molecular weight is 689 g/mol. The van der Waals surface area contributed by atoms with Crippen LogP contribution in [0.25, 0.3) is 22.4 Å². The Labute approximate surface area is 287 Å². The first kappa shape index (κ1) is 34.8. The van der Waals surface area contributed by atoms with Gasteiger partial charge in [0, 0.05) is 76.3 Å². The lowest BCUT2D eigenvalue weighted by molar-refractivity contribution is -0.122. The van der Waals surface area contributed by atoms with Crippen molar-refractivity contribution in [3.05, 3.63) is 83.7 Å². The fourth-order valence-electron chi connectivity index (χ4n) is 5.62. The SMILES string of the molecule is COc1ccc2cc1OCCCN(C(=O)c1cncc(Cl)c1)CCCCN(C(=O)c1cnc3cnn(C)c3c1)CCn1ccnc1-2.O=CO. The van der Waals surface area contributed by atoms with Crippen LogP contribution in [0.15, 0.2) is 67.5 Å². The fraction of sp³-hybridized carbons (Fsp3) is 0.324. The smallest absolute Gasteiger partial charge is 0.290 e. The molecule has 14 nitrogen and oxygen atoms in total. The van der Waals surface area contributed by atoms with Crippen LogP contribution >= 0.6 is 11.6 Å². The van der Waals surface area contributed by atoms with Crippen molar-refractivity contribution >= 4 is 40.9 Å². The highest BCUT2D eigenvalue weighted by Gasteiger charge is 2.21. The molecular weight excluding hydrogens is 652 g/mol. The van der Waals surface area contributed by atoms with E-state index in [2.05, 4.69) is 20.1 Å². The third kappa shape index (κ3) is 8.51. The molecule has 5 aromatic rings. The first-order valence-electron chi connectivity index (χ1n) is 15.7. The van der Waals surface area contributed by atoms with Crippen LogP contribution in [-0.2, 0) is 18.4 Å². The number of fused-ring (bicyclic) bond motifs is 5. The first-order chi connectivity index (χ1) is 23.8. The van der Waals surface area contributed by atoms with Gasteiger partial charge in [0.2, 0.25) is 0 Å². The zero-order valence-corrected chi connectivity index (χ0v) is 28.0. The highest BCUT2D eigenvalue weighted by atomic mass is 35.5. The molecule has 0 radical (unpaired) electrons. The van der Waals surface area contributed by atoms with Crippen molar-refractivity contribution in [3.8, 4) is 22.9 Å². The largest absolute Gasteiger partial charge is 0.493 e. The monoisotopic (exact) mass is 688 g/mol. The average Bonchev–Trinajstić information content (AvgIpc) is 3.74. The summed E-state index contributed by atoms with van der Waals surface area (Å²) in [6, 6.07) is 9.17. The molecule has 2 bridgehead atoms. The molecule has 0 saturated heterocycles. The van der Waals surface area contributed by atoms with Crippen molar-refractivity contribution in [2.24, 2.45) is 7.05 Å². The van der Waals surface area contributed by atoms with Crippen LogP contribution in [0.4, 0.5) is 0 Å². The predicted molar refractivity (Wildman–Crippen MR) is 182 cm³/mol. The number of hydrogen-bond acceptors (Lipinski definition) is 9. The van der Waals surface area contributed by atoms with E-state index in [1.54, 1.807) is 41.3 Å². The van der Waals surface area contributed by atoms with Gasteiger partial charge < -0.3 is 28.9 Å². The summed E-state index contributed by atoms with van der Waals surface area (Å²) in [5.41, 5.74) is 3.30. The minimum Gasteiger partial charge on any atom is -0.493 e. The van der Waals surface area contributed by atoms with E-state index >= 15 is 0 Å². The van der Waals surface area contributed by atoms with Crippen molar-refractivity contribution < 1.29 is 29.0 Å². The standard InChI is InChI=1S/C33H35ClN8O4.CH2O2/c1-39-28-17-25(20-37-27(28)22-38-39)33(44)42-10-4-3-9-41(32(43)24-16-26(34)21-35-19-24)11-5-15-46-30-18-23(6-7-29(30)45-2)31-36-8-12-40(31)13-14-42;2-1-3/h6-8,12,16-22H,3-5,9-11,13-15H2,1-2H3;1H,(H,2,3). The molecule has 0 fully saturated rings. The van der Waals surface area contributed by atoms with Crippen LogP contribution in [0.3, 0.4) is 0 Å². The number of carbonyl (C=O) groups is 3. The molecule has 6 rings (SSSR count). The van der Waals surface area contributed by atoms with Gasteiger partial charge in [0.15, 0.2) is 11.5 Å². The second kappa shape index (κ2) is 16.6. The third-order valence-corrected chi connectivity index (χ3v) is 8.26. The Kier molecular flexibility index (Phi) is 11.8. The number of benzene rings is 1. The number of methoxy groups -OCH3 is 1. The molecule has 2 amide bonds. The Bertz CT molecular complexity index is 1910. The van der Waals surface area contributed by atoms with Crippen molar-refractivity contribution in [2.45, 2.75) is 25.8 Å². The van der Waals surface area contributed by atoms with E-state index in [4.69, 9.17) is 31.0 Å². The van der Waals surface area contributed by atoms with Gasteiger partial charge in [-0.2, -0.15) is 5.10 Å². The Morgan fingerprint density at radius 1 is 0.918 bits per heavy atom. The number of pyridine rings is 2. The molecule has 5 heterocycles. The molecule has 0 aliphatic carbocycles. The number of carbonyl (C=O) groups excluding carboxylic acids is 2. The summed E-state index contributed by atoms with van der Waals surface area (Å²) in [5, 5.41) is 11.6. The van der Waals surface area contributed by atoms with Crippen molar-refractivity contribution in [2.75, 3.05) is 39.9 Å². The molecule has 49 heavy (non-hydrogen) atoms. The highest BCUT2D eigenvalue weighted by molar-refractivity contribution is 6.30. The van der Waals surface area contributed by atoms with Crippen molar-refractivity contribution in [1.29, 1.82) is 0 Å². The number of nitrogens with zero attached hydrogens (tertiary/aromatic N) is 8. The van der Waals surface area contributed by atoms with Gasteiger partial charge >= 0.3 is 0 Å². The summed E-state index contributed by atoms with van der Waals surface area (Å²) in [6.07, 6.45) is 12.0. The van der Waals surface area contributed by atoms with Crippen molar-refractivity contribution in [3.63, 3.8) is 0 Å². The summed E-state index contributed by atoms with van der Waals surface area (Å²) in [7, 11) is 3.43. The van der Waals surface area contributed by atoms with Crippen LogP contribution in [0.2, 0.25) is 5.02 Å². The zero-order chi connectivity index (χ0) is 34.8.